The molecule has 1 heterocycles. The SMILES string of the molecule is CC(C)[C@H]1COC(c2cccc[c]2[Sn+])=N1. The maximum absolute atomic E-state index is 5.66. The molecule has 0 unspecified atom stereocenters. The van der Waals surface area contributed by atoms with Crippen molar-refractivity contribution in [2.75, 3.05) is 6.61 Å². The van der Waals surface area contributed by atoms with Crippen molar-refractivity contribution in [1.29, 1.82) is 0 Å². The minimum atomic E-state index is 0.329. The molecule has 1 aromatic rings. The zero-order valence-electron chi connectivity index (χ0n) is 9.03. The molecule has 1 atom stereocenters. The third-order valence-corrected chi connectivity index (χ3v) is 3.85. The number of hydrogen-bond acceptors (Lipinski definition) is 2. The van der Waals surface area contributed by atoms with Crippen molar-refractivity contribution in [2.45, 2.75) is 19.9 Å². The number of ether oxygens (including phenoxy) is 1. The normalized spacial score (nSPS) is 20.2. The van der Waals surface area contributed by atoms with Crippen LogP contribution in [0.5, 0.6) is 0 Å². The molecule has 0 N–H and O–H groups in total. The van der Waals surface area contributed by atoms with Gasteiger partial charge >= 0.3 is 104 Å². The summed E-state index contributed by atoms with van der Waals surface area (Å²) in [6.45, 7) is 5.10. The number of nitrogens with zero attached hydrogens (tertiary/aromatic N) is 1. The average molecular weight is 307 g/mol. The summed E-state index contributed by atoms with van der Waals surface area (Å²) < 4.78 is 6.97. The molecular weight excluding hydrogens is 293 g/mol. The fourth-order valence-electron chi connectivity index (χ4n) is 1.55. The van der Waals surface area contributed by atoms with Crippen LogP contribution in [-0.4, -0.2) is 41.1 Å². The van der Waals surface area contributed by atoms with E-state index in [0.717, 1.165) is 12.5 Å². The first kappa shape index (κ1) is 11.0. The Kier molecular flexibility index (Phi) is 3.34. The molecule has 76 valence electrons. The van der Waals surface area contributed by atoms with Crippen molar-refractivity contribution in [3.63, 3.8) is 0 Å². The van der Waals surface area contributed by atoms with Crippen molar-refractivity contribution in [2.24, 2.45) is 10.9 Å². The monoisotopic (exact) mass is 308 g/mol. The van der Waals surface area contributed by atoms with Gasteiger partial charge in [0.2, 0.25) is 0 Å². The van der Waals surface area contributed by atoms with Gasteiger partial charge in [0.05, 0.1) is 0 Å². The van der Waals surface area contributed by atoms with E-state index >= 15 is 0 Å². The molecule has 3 heteroatoms. The number of benzene rings is 1. The van der Waals surface area contributed by atoms with Gasteiger partial charge in [-0.05, 0) is 0 Å². The molecule has 2 nitrogen and oxygen atoms in total. The molecule has 2 radical (unpaired) electrons. The third-order valence-electron chi connectivity index (χ3n) is 2.60. The van der Waals surface area contributed by atoms with Crippen molar-refractivity contribution in [3.05, 3.63) is 29.8 Å². The van der Waals surface area contributed by atoms with Gasteiger partial charge in [-0.15, -0.1) is 0 Å². The van der Waals surface area contributed by atoms with Crippen LogP contribution < -0.4 is 3.58 Å². The first-order chi connectivity index (χ1) is 7.18. The summed E-state index contributed by atoms with van der Waals surface area (Å²) in [7, 11) is 0. The molecule has 0 spiro atoms. The van der Waals surface area contributed by atoms with E-state index in [2.05, 4.69) is 37.0 Å². The zero-order valence-corrected chi connectivity index (χ0v) is 11.9. The van der Waals surface area contributed by atoms with E-state index < -0.39 is 0 Å². The molecule has 0 saturated heterocycles. The molecule has 15 heavy (non-hydrogen) atoms. The molecule has 1 aromatic carbocycles. The van der Waals surface area contributed by atoms with Crippen molar-refractivity contribution in [3.8, 4) is 0 Å². The van der Waals surface area contributed by atoms with Crippen molar-refractivity contribution in [1.82, 2.24) is 0 Å². The Bertz CT molecular complexity index is 387. The van der Waals surface area contributed by atoms with Crippen LogP contribution in [-0.2, 0) is 4.74 Å². The predicted molar refractivity (Wildman–Crippen MR) is 62.9 cm³/mol. The van der Waals surface area contributed by atoms with Gasteiger partial charge < -0.3 is 0 Å². The van der Waals surface area contributed by atoms with E-state index in [1.54, 1.807) is 0 Å². The molecule has 0 saturated carbocycles. The second-order valence-corrected chi connectivity index (χ2v) is 5.64. The molecular formula is C12H14NOSn+. The van der Waals surface area contributed by atoms with E-state index in [1.165, 1.54) is 31.7 Å². The van der Waals surface area contributed by atoms with Crippen LogP contribution in [0.4, 0.5) is 0 Å². The van der Waals surface area contributed by atoms with E-state index in [-0.39, 0.29) is 0 Å². The van der Waals surface area contributed by atoms with Gasteiger partial charge in [0.15, 0.2) is 0 Å². The van der Waals surface area contributed by atoms with Gasteiger partial charge in [-0.1, -0.05) is 0 Å². The number of aliphatic imine (C=N–C) groups is 1. The molecule has 1 aliphatic rings. The van der Waals surface area contributed by atoms with Gasteiger partial charge in [-0.3, -0.25) is 0 Å². The van der Waals surface area contributed by atoms with Gasteiger partial charge in [0.25, 0.3) is 0 Å². The fourth-order valence-corrected chi connectivity index (χ4v) is 2.37. The first-order valence-corrected chi connectivity index (χ1v) is 6.63. The number of rotatable bonds is 2. The second-order valence-electron chi connectivity index (χ2n) is 4.10. The Balaban J connectivity index is 2.27. The van der Waals surface area contributed by atoms with Crippen LogP contribution in [0.3, 0.4) is 0 Å². The summed E-state index contributed by atoms with van der Waals surface area (Å²) in [6.07, 6.45) is 0. The molecule has 0 bridgehead atoms. The summed E-state index contributed by atoms with van der Waals surface area (Å²) in [5.41, 5.74) is 1.17. The van der Waals surface area contributed by atoms with Gasteiger partial charge in [0, 0.05) is 0 Å². The zero-order chi connectivity index (χ0) is 10.8. The quantitative estimate of drug-likeness (QED) is 0.755. The van der Waals surface area contributed by atoms with Crippen LogP contribution in [0.2, 0.25) is 0 Å². The van der Waals surface area contributed by atoms with Crippen LogP contribution in [0, 0.1) is 5.92 Å². The second kappa shape index (κ2) is 4.56. The molecule has 0 amide bonds. The Morgan fingerprint density at radius 2 is 2.13 bits per heavy atom. The third kappa shape index (κ3) is 2.36. The van der Waals surface area contributed by atoms with E-state index in [9.17, 15) is 0 Å². The van der Waals surface area contributed by atoms with E-state index in [0.29, 0.717) is 12.0 Å². The molecule has 1 aliphatic heterocycles. The van der Waals surface area contributed by atoms with Crippen LogP contribution >= 0.6 is 0 Å². The molecule has 2 rings (SSSR count). The summed E-state index contributed by atoms with van der Waals surface area (Å²) >= 11 is 1.41. The molecule has 0 fully saturated rings. The number of hydrogen-bond donors (Lipinski definition) is 0. The topological polar surface area (TPSA) is 21.6 Å². The summed E-state index contributed by atoms with van der Waals surface area (Å²) in [4.78, 5) is 4.63. The Morgan fingerprint density at radius 1 is 1.40 bits per heavy atom. The molecule has 0 aromatic heterocycles. The Morgan fingerprint density at radius 3 is 2.73 bits per heavy atom. The van der Waals surface area contributed by atoms with Gasteiger partial charge in [0.1, 0.15) is 0 Å². The standard InChI is InChI=1S/C12H14NO.Sn/c1-9(2)11-8-14-12(13-11)10-6-4-3-5-7-10;/h3-6,9,11H,8H2,1-2H3;/q;+1/t11-;/m1./s1. The maximum atomic E-state index is 5.66. The minimum absolute atomic E-state index is 0.329. The average Bonchev–Trinajstić information content (AvgIpc) is 2.67. The predicted octanol–water partition coefficient (Wildman–Crippen LogP) is 1.28. The summed E-state index contributed by atoms with van der Waals surface area (Å²) in [6, 6.07) is 8.64. The van der Waals surface area contributed by atoms with E-state index in [1.807, 2.05) is 6.07 Å². The van der Waals surface area contributed by atoms with Gasteiger partial charge in [-0.25, -0.2) is 0 Å². The van der Waals surface area contributed by atoms with Crippen LogP contribution in [0.25, 0.3) is 0 Å². The Labute approximate surface area is 104 Å². The molecule has 0 aliphatic carbocycles. The van der Waals surface area contributed by atoms with Crippen molar-refractivity contribution >= 4 is 32.0 Å². The van der Waals surface area contributed by atoms with Crippen molar-refractivity contribution < 1.29 is 4.74 Å². The summed E-state index contributed by atoms with van der Waals surface area (Å²) in [5.74, 6) is 1.39. The van der Waals surface area contributed by atoms with Gasteiger partial charge in [-0.2, -0.15) is 0 Å². The fraction of sp³-hybridized carbons (Fsp3) is 0.417. The Hall–Kier alpha value is -0.511. The van der Waals surface area contributed by atoms with Crippen LogP contribution in [0.1, 0.15) is 19.4 Å². The summed E-state index contributed by atoms with van der Waals surface area (Å²) in [5, 5.41) is 0. The van der Waals surface area contributed by atoms with Crippen LogP contribution in [0.15, 0.2) is 29.3 Å². The first-order valence-electron chi connectivity index (χ1n) is 5.20. The van der Waals surface area contributed by atoms with E-state index in [4.69, 9.17) is 4.74 Å².